The summed E-state index contributed by atoms with van der Waals surface area (Å²) in [5, 5.41) is 2.66. The third-order valence-electron chi connectivity index (χ3n) is 6.41. The monoisotopic (exact) mass is 615 g/mol. The molecule has 3 aromatic carbocycles. The number of ether oxygens (including phenoxy) is 1. The van der Waals surface area contributed by atoms with Crippen LogP contribution in [0.5, 0.6) is 0 Å². The average Bonchev–Trinajstić information content (AvgIpc) is 3.38. The van der Waals surface area contributed by atoms with Gasteiger partial charge >= 0.3 is 11.7 Å². The van der Waals surface area contributed by atoms with E-state index in [0.717, 1.165) is 21.3 Å². The number of nitrogens with one attached hydrogen (secondary N) is 1. The number of amides is 1. The van der Waals surface area contributed by atoms with E-state index in [1.165, 1.54) is 10.9 Å². The predicted octanol–water partition coefficient (Wildman–Crippen LogP) is 3.71. The molecule has 1 amide bonds. The first-order valence-corrected chi connectivity index (χ1v) is 13.6. The normalized spacial score (nSPS) is 11.0. The summed E-state index contributed by atoms with van der Waals surface area (Å²) in [5.74, 6) is -1.46. The lowest BCUT2D eigenvalue weighted by atomic mass is 10.2. The number of rotatable bonds is 9. The highest BCUT2D eigenvalue weighted by Gasteiger charge is 2.21. The van der Waals surface area contributed by atoms with Gasteiger partial charge in [-0.05, 0) is 51.7 Å². The first-order chi connectivity index (χ1) is 19.8. The van der Waals surface area contributed by atoms with Crippen LogP contribution in [0.25, 0.3) is 11.2 Å². The van der Waals surface area contributed by atoms with Crippen molar-refractivity contribution in [1.29, 1.82) is 0 Å². The molecule has 0 radical (unpaired) electrons. The summed E-state index contributed by atoms with van der Waals surface area (Å²) >= 11 is 3.38. The summed E-state index contributed by atoms with van der Waals surface area (Å²) in [7, 11) is 0. The van der Waals surface area contributed by atoms with Crippen molar-refractivity contribution in [2.45, 2.75) is 26.6 Å². The number of halogens is 1. The fourth-order valence-corrected chi connectivity index (χ4v) is 5.01. The third kappa shape index (κ3) is 6.36. The molecule has 5 aromatic rings. The highest BCUT2D eigenvalue weighted by Crippen LogP contribution is 2.23. The molecule has 41 heavy (non-hydrogen) atoms. The predicted molar refractivity (Wildman–Crippen MR) is 158 cm³/mol. The van der Waals surface area contributed by atoms with E-state index >= 15 is 0 Å². The molecule has 0 saturated heterocycles. The second-order valence-corrected chi connectivity index (χ2v) is 10.3. The van der Waals surface area contributed by atoms with Gasteiger partial charge in [0.1, 0.15) is 6.54 Å². The van der Waals surface area contributed by atoms with Gasteiger partial charge in [-0.25, -0.2) is 14.3 Å². The van der Waals surface area contributed by atoms with Crippen molar-refractivity contribution in [3.05, 3.63) is 127 Å². The largest absolute Gasteiger partial charge is 0.454 e. The summed E-state index contributed by atoms with van der Waals surface area (Å²) < 4.78 is 9.66. The number of imidazole rings is 1. The van der Waals surface area contributed by atoms with Crippen molar-refractivity contribution >= 4 is 44.7 Å². The summed E-state index contributed by atoms with van der Waals surface area (Å²) in [4.78, 5) is 56.7. The molecule has 2 heterocycles. The van der Waals surface area contributed by atoms with Crippen molar-refractivity contribution in [2.24, 2.45) is 0 Å². The van der Waals surface area contributed by atoms with Crippen molar-refractivity contribution in [3.63, 3.8) is 0 Å². The summed E-state index contributed by atoms with van der Waals surface area (Å²) in [6.45, 7) is 1.15. The van der Waals surface area contributed by atoms with E-state index in [0.29, 0.717) is 16.7 Å². The smallest absolute Gasteiger partial charge is 0.333 e. The molecule has 0 fully saturated rings. The van der Waals surface area contributed by atoms with Crippen molar-refractivity contribution in [1.82, 2.24) is 18.7 Å². The number of esters is 1. The second kappa shape index (κ2) is 12.2. The molecular weight excluding hydrogens is 590 g/mol. The Morgan fingerprint density at radius 3 is 2.22 bits per heavy atom. The highest BCUT2D eigenvalue weighted by molar-refractivity contribution is 9.10. The summed E-state index contributed by atoms with van der Waals surface area (Å²) in [6, 6.07) is 24.2. The van der Waals surface area contributed by atoms with Gasteiger partial charge in [-0.2, -0.15) is 0 Å². The van der Waals surface area contributed by atoms with Crippen LogP contribution >= 0.6 is 15.9 Å². The number of aryl methyl sites for hydroxylation is 1. The van der Waals surface area contributed by atoms with E-state index in [-0.39, 0.29) is 17.7 Å². The zero-order chi connectivity index (χ0) is 28.9. The Kier molecular flexibility index (Phi) is 8.25. The standard InChI is InChI=1S/C30H26BrN5O5/c1-20-12-13-24(23(31)14-20)33-25(37)18-41-26(38)17-36-29(39)27-28(32-19-34(27)15-21-8-4-2-5-9-21)35(30(36)40)16-22-10-6-3-7-11-22/h2-14,19H,15-18H2,1H3,(H,33,37). The molecule has 0 spiro atoms. The lowest BCUT2D eigenvalue weighted by Gasteiger charge is -2.13. The van der Waals surface area contributed by atoms with E-state index in [1.807, 2.05) is 79.7 Å². The Bertz CT molecular complexity index is 1840. The van der Waals surface area contributed by atoms with Gasteiger partial charge in [-0.15, -0.1) is 0 Å². The molecule has 0 unspecified atom stereocenters. The molecule has 10 nitrogen and oxygen atoms in total. The maximum absolute atomic E-state index is 13.6. The number of carbonyl (C=O) groups is 2. The molecule has 0 saturated carbocycles. The topological polar surface area (TPSA) is 117 Å². The fraction of sp³-hybridized carbons (Fsp3) is 0.167. The van der Waals surface area contributed by atoms with Gasteiger partial charge in [-0.1, -0.05) is 66.7 Å². The number of nitrogens with zero attached hydrogens (tertiary/aromatic N) is 4. The molecule has 0 aliphatic heterocycles. The van der Waals surface area contributed by atoms with Gasteiger partial charge in [0.25, 0.3) is 11.5 Å². The minimum Gasteiger partial charge on any atom is -0.454 e. The van der Waals surface area contributed by atoms with Gasteiger partial charge in [0.15, 0.2) is 17.8 Å². The van der Waals surface area contributed by atoms with Gasteiger partial charge in [0.2, 0.25) is 0 Å². The van der Waals surface area contributed by atoms with E-state index in [1.54, 1.807) is 10.6 Å². The number of hydrogen-bond acceptors (Lipinski definition) is 6. The summed E-state index contributed by atoms with van der Waals surface area (Å²) in [5.41, 5.74) is 2.30. The van der Waals surface area contributed by atoms with Crippen LogP contribution in [-0.2, 0) is 34.0 Å². The van der Waals surface area contributed by atoms with Crippen molar-refractivity contribution in [2.75, 3.05) is 11.9 Å². The van der Waals surface area contributed by atoms with Crippen LogP contribution in [0.4, 0.5) is 5.69 Å². The van der Waals surface area contributed by atoms with Crippen LogP contribution in [0.1, 0.15) is 16.7 Å². The van der Waals surface area contributed by atoms with Crippen LogP contribution in [0.2, 0.25) is 0 Å². The van der Waals surface area contributed by atoms with Gasteiger partial charge in [0, 0.05) is 11.0 Å². The minimum absolute atomic E-state index is 0.141. The molecule has 0 aliphatic carbocycles. The van der Waals surface area contributed by atoms with Gasteiger partial charge < -0.3 is 14.6 Å². The zero-order valence-corrected chi connectivity index (χ0v) is 23.7. The Labute approximate surface area is 243 Å². The van der Waals surface area contributed by atoms with E-state index in [4.69, 9.17) is 4.74 Å². The molecule has 0 bridgehead atoms. The fourth-order valence-electron chi connectivity index (χ4n) is 4.42. The maximum Gasteiger partial charge on any atom is 0.333 e. The zero-order valence-electron chi connectivity index (χ0n) is 22.1. The van der Waals surface area contributed by atoms with E-state index in [2.05, 4.69) is 26.2 Å². The van der Waals surface area contributed by atoms with Crippen LogP contribution in [0.15, 0.2) is 99.3 Å². The maximum atomic E-state index is 13.6. The molecule has 1 N–H and O–H groups in total. The van der Waals surface area contributed by atoms with E-state index < -0.39 is 36.3 Å². The minimum atomic E-state index is -0.901. The quantitative estimate of drug-likeness (QED) is 0.253. The lowest BCUT2D eigenvalue weighted by Crippen LogP contribution is -2.43. The van der Waals surface area contributed by atoms with Crippen molar-refractivity contribution < 1.29 is 14.3 Å². The van der Waals surface area contributed by atoms with Crippen molar-refractivity contribution in [3.8, 4) is 0 Å². The molecule has 11 heteroatoms. The Morgan fingerprint density at radius 1 is 0.902 bits per heavy atom. The van der Waals surface area contributed by atoms with E-state index in [9.17, 15) is 19.2 Å². The number of anilines is 1. The second-order valence-electron chi connectivity index (χ2n) is 9.47. The van der Waals surface area contributed by atoms with Crippen LogP contribution < -0.4 is 16.6 Å². The Hall–Kier alpha value is -4.77. The van der Waals surface area contributed by atoms with Crippen LogP contribution in [-0.4, -0.2) is 37.2 Å². The number of aromatic nitrogens is 4. The Morgan fingerprint density at radius 2 is 1.56 bits per heavy atom. The first-order valence-electron chi connectivity index (χ1n) is 12.8. The highest BCUT2D eigenvalue weighted by atomic mass is 79.9. The van der Waals surface area contributed by atoms with Gasteiger partial charge in [-0.3, -0.25) is 19.0 Å². The summed E-state index contributed by atoms with van der Waals surface area (Å²) in [6.07, 6.45) is 1.51. The first kappa shape index (κ1) is 27.8. The van der Waals surface area contributed by atoms with Gasteiger partial charge in [0.05, 0.1) is 18.6 Å². The van der Waals surface area contributed by atoms with Crippen LogP contribution in [0.3, 0.4) is 0 Å². The SMILES string of the molecule is Cc1ccc(NC(=O)COC(=O)Cn2c(=O)c3c(ncn3Cc3ccccc3)n(Cc3ccccc3)c2=O)c(Br)c1. The van der Waals surface area contributed by atoms with Crippen LogP contribution in [0, 0.1) is 6.92 Å². The number of benzene rings is 3. The molecule has 208 valence electrons. The molecule has 5 rings (SSSR count). The molecule has 0 aliphatic rings. The Balaban J connectivity index is 1.43. The number of fused-ring (bicyclic) bond motifs is 1. The third-order valence-corrected chi connectivity index (χ3v) is 7.07. The number of carbonyl (C=O) groups excluding carboxylic acids is 2. The molecule has 0 atom stereocenters. The molecular formula is C30H26BrN5O5. The lowest BCUT2D eigenvalue weighted by molar-refractivity contribution is -0.148. The molecule has 2 aromatic heterocycles. The average molecular weight is 616 g/mol. The number of hydrogen-bond donors (Lipinski definition) is 1.